The SMILES string of the molecule is O=C(CC1CCCCC1)Nc1ccc(-c2ccccc2)c2cccnc12. The van der Waals surface area contributed by atoms with E-state index < -0.39 is 0 Å². The first kappa shape index (κ1) is 16.8. The molecule has 0 saturated heterocycles. The van der Waals surface area contributed by atoms with Gasteiger partial charge in [-0.25, -0.2) is 0 Å². The summed E-state index contributed by atoms with van der Waals surface area (Å²) in [5.41, 5.74) is 3.96. The maximum Gasteiger partial charge on any atom is 0.224 e. The molecule has 2 aromatic carbocycles. The monoisotopic (exact) mass is 344 g/mol. The molecule has 3 nitrogen and oxygen atoms in total. The fraction of sp³-hybridized carbons (Fsp3) is 0.304. The highest BCUT2D eigenvalue weighted by Gasteiger charge is 2.18. The van der Waals surface area contributed by atoms with Crippen LogP contribution < -0.4 is 5.32 Å². The lowest BCUT2D eigenvalue weighted by Gasteiger charge is -2.21. The van der Waals surface area contributed by atoms with E-state index in [1.165, 1.54) is 32.1 Å². The van der Waals surface area contributed by atoms with E-state index in [9.17, 15) is 4.79 Å². The van der Waals surface area contributed by atoms with Gasteiger partial charge in [0.15, 0.2) is 0 Å². The topological polar surface area (TPSA) is 42.0 Å². The quantitative estimate of drug-likeness (QED) is 0.649. The van der Waals surface area contributed by atoms with Crippen molar-refractivity contribution in [2.75, 3.05) is 5.32 Å². The summed E-state index contributed by atoms with van der Waals surface area (Å²) in [4.78, 5) is 17.1. The van der Waals surface area contributed by atoms with Crippen LogP contribution in [0.15, 0.2) is 60.8 Å². The van der Waals surface area contributed by atoms with E-state index in [0.29, 0.717) is 12.3 Å². The molecule has 1 aromatic heterocycles. The molecule has 1 fully saturated rings. The third-order valence-corrected chi connectivity index (χ3v) is 5.33. The molecule has 3 heteroatoms. The van der Waals surface area contributed by atoms with Gasteiger partial charge in [0.25, 0.3) is 0 Å². The lowest BCUT2D eigenvalue weighted by atomic mass is 9.87. The number of carbonyl (C=O) groups excluding carboxylic acids is 1. The van der Waals surface area contributed by atoms with Crippen molar-refractivity contribution in [2.45, 2.75) is 38.5 Å². The van der Waals surface area contributed by atoms with Gasteiger partial charge >= 0.3 is 0 Å². The highest BCUT2D eigenvalue weighted by molar-refractivity contribution is 6.05. The van der Waals surface area contributed by atoms with E-state index >= 15 is 0 Å². The number of anilines is 1. The van der Waals surface area contributed by atoms with Crippen molar-refractivity contribution < 1.29 is 4.79 Å². The van der Waals surface area contributed by atoms with Crippen LogP contribution in [0.2, 0.25) is 0 Å². The summed E-state index contributed by atoms with van der Waals surface area (Å²) in [6.45, 7) is 0. The van der Waals surface area contributed by atoms with Crippen LogP contribution in [0.5, 0.6) is 0 Å². The Hall–Kier alpha value is -2.68. The molecule has 0 aliphatic heterocycles. The first-order valence-corrected chi connectivity index (χ1v) is 9.54. The molecule has 1 amide bonds. The number of rotatable bonds is 4. The van der Waals surface area contributed by atoms with E-state index in [4.69, 9.17) is 0 Å². The number of aromatic nitrogens is 1. The second kappa shape index (κ2) is 7.69. The van der Waals surface area contributed by atoms with E-state index in [-0.39, 0.29) is 5.91 Å². The number of fused-ring (bicyclic) bond motifs is 1. The zero-order chi connectivity index (χ0) is 17.8. The third-order valence-electron chi connectivity index (χ3n) is 5.33. The van der Waals surface area contributed by atoms with Gasteiger partial charge in [0.2, 0.25) is 5.91 Å². The summed E-state index contributed by atoms with van der Waals surface area (Å²) in [6, 6.07) is 18.4. The Labute approximate surface area is 154 Å². The molecule has 1 heterocycles. The van der Waals surface area contributed by atoms with Crippen LogP contribution in [0.1, 0.15) is 38.5 Å². The summed E-state index contributed by atoms with van der Waals surface area (Å²) in [5, 5.41) is 4.17. The number of hydrogen-bond donors (Lipinski definition) is 1. The second-order valence-electron chi connectivity index (χ2n) is 7.18. The highest BCUT2D eigenvalue weighted by Crippen LogP contribution is 2.32. The molecule has 0 atom stereocenters. The summed E-state index contributed by atoms with van der Waals surface area (Å²) in [5.74, 6) is 0.642. The minimum atomic E-state index is 0.108. The summed E-state index contributed by atoms with van der Waals surface area (Å²) < 4.78 is 0. The van der Waals surface area contributed by atoms with Gasteiger partial charge in [0.1, 0.15) is 0 Å². The average molecular weight is 344 g/mol. The molecule has 1 aliphatic carbocycles. The molecule has 26 heavy (non-hydrogen) atoms. The number of amides is 1. The summed E-state index contributed by atoms with van der Waals surface area (Å²) in [7, 11) is 0. The highest BCUT2D eigenvalue weighted by atomic mass is 16.1. The van der Waals surface area contributed by atoms with Crippen LogP contribution in [0, 0.1) is 5.92 Å². The Bertz CT molecular complexity index is 898. The van der Waals surface area contributed by atoms with Crippen molar-refractivity contribution in [3.8, 4) is 11.1 Å². The van der Waals surface area contributed by atoms with E-state index in [2.05, 4.69) is 34.6 Å². The van der Waals surface area contributed by atoms with Crippen molar-refractivity contribution in [1.29, 1.82) is 0 Å². The van der Waals surface area contributed by atoms with Crippen LogP contribution in [-0.4, -0.2) is 10.9 Å². The molecule has 1 aliphatic rings. The van der Waals surface area contributed by atoms with E-state index in [1.54, 1.807) is 6.20 Å². The summed E-state index contributed by atoms with van der Waals surface area (Å²) in [6.07, 6.45) is 8.59. The molecule has 1 N–H and O–H groups in total. The van der Waals surface area contributed by atoms with Crippen molar-refractivity contribution in [3.63, 3.8) is 0 Å². The Morgan fingerprint density at radius 2 is 1.77 bits per heavy atom. The normalized spacial score (nSPS) is 15.1. The Balaban J connectivity index is 1.61. The average Bonchev–Trinajstić information content (AvgIpc) is 2.70. The molecule has 0 bridgehead atoms. The predicted octanol–water partition coefficient (Wildman–Crippen LogP) is 5.81. The maximum atomic E-state index is 12.5. The molecule has 0 spiro atoms. The number of carbonyl (C=O) groups is 1. The Kier molecular flexibility index (Phi) is 4.96. The lowest BCUT2D eigenvalue weighted by molar-refractivity contribution is -0.117. The third kappa shape index (κ3) is 3.62. The molecule has 3 aromatic rings. The van der Waals surface area contributed by atoms with Crippen molar-refractivity contribution in [1.82, 2.24) is 4.98 Å². The smallest absolute Gasteiger partial charge is 0.224 e. The van der Waals surface area contributed by atoms with Crippen LogP contribution in [0.4, 0.5) is 5.69 Å². The predicted molar refractivity (Wildman–Crippen MR) is 107 cm³/mol. The van der Waals surface area contributed by atoms with Crippen LogP contribution in [0.25, 0.3) is 22.0 Å². The minimum Gasteiger partial charge on any atom is -0.324 e. The van der Waals surface area contributed by atoms with Crippen molar-refractivity contribution >= 4 is 22.5 Å². The molecule has 132 valence electrons. The summed E-state index contributed by atoms with van der Waals surface area (Å²) >= 11 is 0. The Morgan fingerprint density at radius 1 is 0.962 bits per heavy atom. The van der Waals surface area contributed by atoms with Gasteiger partial charge in [-0.1, -0.05) is 61.7 Å². The zero-order valence-corrected chi connectivity index (χ0v) is 14.9. The van der Waals surface area contributed by atoms with Crippen molar-refractivity contribution in [2.24, 2.45) is 5.92 Å². The van der Waals surface area contributed by atoms with Gasteiger partial charge in [-0.2, -0.15) is 0 Å². The fourth-order valence-corrected chi connectivity index (χ4v) is 4.00. The number of benzene rings is 2. The number of nitrogens with one attached hydrogen (secondary N) is 1. The standard InChI is InChI=1S/C23H24N2O/c26-22(16-17-8-3-1-4-9-17)25-21-14-13-19(18-10-5-2-6-11-18)20-12-7-15-24-23(20)21/h2,5-7,10-15,17H,1,3-4,8-9,16H2,(H,25,26). The molecule has 0 unspecified atom stereocenters. The molecule has 1 saturated carbocycles. The lowest BCUT2D eigenvalue weighted by Crippen LogP contribution is -2.18. The maximum absolute atomic E-state index is 12.5. The van der Waals surface area contributed by atoms with Crippen LogP contribution in [-0.2, 0) is 4.79 Å². The van der Waals surface area contributed by atoms with E-state index in [0.717, 1.165) is 27.7 Å². The molecular weight excluding hydrogens is 320 g/mol. The van der Waals surface area contributed by atoms with Gasteiger partial charge in [0, 0.05) is 18.0 Å². The van der Waals surface area contributed by atoms with E-state index in [1.807, 2.05) is 30.3 Å². The molecule has 0 radical (unpaired) electrons. The number of hydrogen-bond acceptors (Lipinski definition) is 2. The van der Waals surface area contributed by atoms with Crippen LogP contribution >= 0.6 is 0 Å². The number of nitrogens with zero attached hydrogens (tertiary/aromatic N) is 1. The van der Waals surface area contributed by atoms with Gasteiger partial charge in [-0.05, 0) is 42.0 Å². The molecule has 4 rings (SSSR count). The first-order chi connectivity index (χ1) is 12.8. The van der Waals surface area contributed by atoms with Gasteiger partial charge in [0.05, 0.1) is 11.2 Å². The van der Waals surface area contributed by atoms with Crippen LogP contribution in [0.3, 0.4) is 0 Å². The molecular formula is C23H24N2O. The van der Waals surface area contributed by atoms with Gasteiger partial charge in [-0.15, -0.1) is 0 Å². The largest absolute Gasteiger partial charge is 0.324 e. The minimum absolute atomic E-state index is 0.108. The van der Waals surface area contributed by atoms with Crippen molar-refractivity contribution in [3.05, 3.63) is 60.8 Å². The Morgan fingerprint density at radius 3 is 2.58 bits per heavy atom. The fourth-order valence-electron chi connectivity index (χ4n) is 4.00. The number of pyridine rings is 1. The van der Waals surface area contributed by atoms with Gasteiger partial charge < -0.3 is 5.32 Å². The zero-order valence-electron chi connectivity index (χ0n) is 14.9. The first-order valence-electron chi connectivity index (χ1n) is 9.54. The van der Waals surface area contributed by atoms with Gasteiger partial charge in [-0.3, -0.25) is 9.78 Å². The second-order valence-corrected chi connectivity index (χ2v) is 7.18.